The predicted octanol–water partition coefficient (Wildman–Crippen LogP) is 4.96. The molecule has 0 saturated heterocycles. The Morgan fingerprint density at radius 1 is 1.00 bits per heavy atom. The van der Waals surface area contributed by atoms with Gasteiger partial charge in [0.15, 0.2) is 6.10 Å². The molecule has 134 valence electrons. The molecule has 0 heterocycles. The summed E-state index contributed by atoms with van der Waals surface area (Å²) in [6.45, 7) is 12.2. The average Bonchev–Trinajstić information content (AvgIpc) is 2.53. The molecule has 0 bridgehead atoms. The SMILES string of the molecule is CC[C@@H](Oc1ccc(C)cc1C)C(=O)N[C@@H](C)c1ccc(C)cc1C. The van der Waals surface area contributed by atoms with E-state index < -0.39 is 6.10 Å². The highest BCUT2D eigenvalue weighted by Crippen LogP contribution is 2.22. The van der Waals surface area contributed by atoms with Crippen LogP contribution in [0.3, 0.4) is 0 Å². The van der Waals surface area contributed by atoms with E-state index in [4.69, 9.17) is 4.74 Å². The molecule has 3 nitrogen and oxygen atoms in total. The normalized spacial score (nSPS) is 13.2. The fraction of sp³-hybridized carbons (Fsp3) is 0.409. The third-order valence-corrected chi connectivity index (χ3v) is 4.51. The van der Waals surface area contributed by atoms with E-state index >= 15 is 0 Å². The van der Waals surface area contributed by atoms with Gasteiger partial charge in [0.25, 0.3) is 5.91 Å². The Balaban J connectivity index is 2.08. The summed E-state index contributed by atoms with van der Waals surface area (Å²) < 4.78 is 5.99. The zero-order valence-corrected chi connectivity index (χ0v) is 16.1. The van der Waals surface area contributed by atoms with Crippen LogP contribution in [-0.2, 0) is 4.79 Å². The number of rotatable bonds is 6. The topological polar surface area (TPSA) is 38.3 Å². The number of hydrogen-bond acceptors (Lipinski definition) is 2. The predicted molar refractivity (Wildman–Crippen MR) is 103 cm³/mol. The summed E-state index contributed by atoms with van der Waals surface area (Å²) in [6.07, 6.45) is 0.133. The number of ether oxygens (including phenoxy) is 1. The van der Waals surface area contributed by atoms with E-state index in [2.05, 4.69) is 43.4 Å². The first-order valence-electron chi connectivity index (χ1n) is 8.93. The van der Waals surface area contributed by atoms with Gasteiger partial charge in [0.05, 0.1) is 6.04 Å². The molecule has 0 saturated carbocycles. The zero-order valence-electron chi connectivity index (χ0n) is 16.1. The number of amides is 1. The third-order valence-electron chi connectivity index (χ3n) is 4.51. The number of carbonyl (C=O) groups excluding carboxylic acids is 1. The van der Waals surface area contributed by atoms with E-state index in [0.717, 1.165) is 16.9 Å². The second-order valence-corrected chi connectivity index (χ2v) is 6.87. The van der Waals surface area contributed by atoms with Gasteiger partial charge in [-0.25, -0.2) is 0 Å². The van der Waals surface area contributed by atoms with Crippen molar-refractivity contribution in [1.82, 2.24) is 5.32 Å². The van der Waals surface area contributed by atoms with E-state index in [1.165, 1.54) is 16.7 Å². The van der Waals surface area contributed by atoms with Crippen molar-refractivity contribution in [1.29, 1.82) is 0 Å². The second-order valence-electron chi connectivity index (χ2n) is 6.87. The monoisotopic (exact) mass is 339 g/mol. The summed E-state index contributed by atoms with van der Waals surface area (Å²) in [6, 6.07) is 12.3. The molecule has 0 radical (unpaired) electrons. The van der Waals surface area contributed by atoms with Crippen LogP contribution < -0.4 is 10.1 Å². The number of carbonyl (C=O) groups is 1. The van der Waals surface area contributed by atoms with Gasteiger partial charge in [-0.1, -0.05) is 48.4 Å². The Kier molecular flexibility index (Phi) is 6.24. The van der Waals surface area contributed by atoms with Crippen LogP contribution in [0.5, 0.6) is 5.75 Å². The van der Waals surface area contributed by atoms with Gasteiger partial charge in [-0.15, -0.1) is 0 Å². The van der Waals surface area contributed by atoms with Crippen molar-refractivity contribution >= 4 is 5.91 Å². The minimum atomic E-state index is -0.491. The minimum absolute atomic E-state index is 0.0511. The highest BCUT2D eigenvalue weighted by Gasteiger charge is 2.22. The molecule has 3 heteroatoms. The molecule has 2 rings (SSSR count). The maximum absolute atomic E-state index is 12.7. The molecule has 0 aliphatic carbocycles. The fourth-order valence-electron chi connectivity index (χ4n) is 3.10. The van der Waals surface area contributed by atoms with Gasteiger partial charge in [-0.2, -0.15) is 0 Å². The first kappa shape index (κ1) is 19.0. The highest BCUT2D eigenvalue weighted by atomic mass is 16.5. The Labute approximate surface area is 151 Å². The number of hydrogen-bond donors (Lipinski definition) is 1. The van der Waals surface area contributed by atoms with E-state index in [-0.39, 0.29) is 11.9 Å². The summed E-state index contributed by atoms with van der Waals surface area (Å²) in [5, 5.41) is 3.09. The quantitative estimate of drug-likeness (QED) is 0.808. The van der Waals surface area contributed by atoms with Gasteiger partial charge < -0.3 is 10.1 Å². The van der Waals surface area contributed by atoms with Crippen molar-refractivity contribution in [2.75, 3.05) is 0 Å². The summed E-state index contributed by atoms with van der Waals surface area (Å²) in [7, 11) is 0. The molecule has 0 aliphatic rings. The summed E-state index contributed by atoms with van der Waals surface area (Å²) in [5.74, 6) is 0.696. The molecule has 2 aromatic carbocycles. The first-order chi connectivity index (χ1) is 11.8. The van der Waals surface area contributed by atoms with Gasteiger partial charge in [0, 0.05) is 0 Å². The average molecular weight is 339 g/mol. The lowest BCUT2D eigenvalue weighted by Crippen LogP contribution is -2.39. The standard InChI is InChI=1S/C22H29NO2/c1-7-20(25-21-11-9-15(3)13-17(21)5)22(24)23-18(6)19-10-8-14(2)12-16(19)4/h8-13,18,20H,7H2,1-6H3,(H,23,24)/t18-,20+/m0/s1. The van der Waals surface area contributed by atoms with Crippen LogP contribution in [-0.4, -0.2) is 12.0 Å². The van der Waals surface area contributed by atoms with Gasteiger partial charge in [-0.3, -0.25) is 4.79 Å². The van der Waals surface area contributed by atoms with Gasteiger partial charge >= 0.3 is 0 Å². The van der Waals surface area contributed by atoms with Crippen LogP contribution in [0.4, 0.5) is 0 Å². The van der Waals surface area contributed by atoms with Crippen molar-refractivity contribution in [3.8, 4) is 5.75 Å². The molecule has 25 heavy (non-hydrogen) atoms. The van der Waals surface area contributed by atoms with E-state index in [1.54, 1.807) is 0 Å². The largest absolute Gasteiger partial charge is 0.480 e. The molecule has 0 aliphatic heterocycles. The molecule has 0 aromatic heterocycles. The number of aryl methyl sites for hydroxylation is 4. The lowest BCUT2D eigenvalue weighted by Gasteiger charge is -2.22. The van der Waals surface area contributed by atoms with Crippen molar-refractivity contribution in [2.45, 2.75) is 60.1 Å². The maximum atomic E-state index is 12.7. The lowest BCUT2D eigenvalue weighted by atomic mass is 10.00. The summed E-state index contributed by atoms with van der Waals surface area (Å²) >= 11 is 0. The van der Waals surface area contributed by atoms with Crippen LogP contribution >= 0.6 is 0 Å². The molecule has 0 unspecified atom stereocenters. The molecule has 0 spiro atoms. The van der Waals surface area contributed by atoms with Crippen LogP contribution in [0.2, 0.25) is 0 Å². The number of nitrogens with one attached hydrogen (secondary N) is 1. The minimum Gasteiger partial charge on any atom is -0.480 e. The van der Waals surface area contributed by atoms with Gasteiger partial charge in [0.2, 0.25) is 0 Å². The van der Waals surface area contributed by atoms with Crippen molar-refractivity contribution < 1.29 is 9.53 Å². The Hall–Kier alpha value is -2.29. The molecule has 1 amide bonds. The highest BCUT2D eigenvalue weighted by molar-refractivity contribution is 5.81. The summed E-state index contributed by atoms with van der Waals surface area (Å²) in [4.78, 5) is 12.7. The molecule has 1 N–H and O–H groups in total. The lowest BCUT2D eigenvalue weighted by molar-refractivity contribution is -0.128. The van der Waals surface area contributed by atoms with Gasteiger partial charge in [0.1, 0.15) is 5.75 Å². The molecular weight excluding hydrogens is 310 g/mol. The fourth-order valence-corrected chi connectivity index (χ4v) is 3.10. The van der Waals surface area contributed by atoms with Crippen LogP contribution in [0.1, 0.15) is 54.1 Å². The Morgan fingerprint density at radius 2 is 1.60 bits per heavy atom. The Bertz CT molecular complexity index is 752. The molecule has 0 fully saturated rings. The molecular formula is C22H29NO2. The first-order valence-corrected chi connectivity index (χ1v) is 8.93. The van der Waals surface area contributed by atoms with Crippen LogP contribution in [0.25, 0.3) is 0 Å². The summed E-state index contributed by atoms with van der Waals surface area (Å²) in [5.41, 5.74) is 5.79. The maximum Gasteiger partial charge on any atom is 0.261 e. The van der Waals surface area contributed by atoms with Crippen LogP contribution in [0.15, 0.2) is 36.4 Å². The zero-order chi connectivity index (χ0) is 18.6. The van der Waals surface area contributed by atoms with Crippen LogP contribution in [0, 0.1) is 27.7 Å². The van der Waals surface area contributed by atoms with Gasteiger partial charge in [-0.05, 0) is 63.8 Å². The van der Waals surface area contributed by atoms with Crippen molar-refractivity contribution in [3.63, 3.8) is 0 Å². The smallest absolute Gasteiger partial charge is 0.261 e. The van der Waals surface area contributed by atoms with Crippen molar-refractivity contribution in [3.05, 3.63) is 64.2 Å². The van der Waals surface area contributed by atoms with Crippen molar-refractivity contribution in [2.24, 2.45) is 0 Å². The number of benzene rings is 2. The Morgan fingerprint density at radius 3 is 2.16 bits per heavy atom. The molecule has 2 aromatic rings. The van der Waals surface area contributed by atoms with E-state index in [0.29, 0.717) is 6.42 Å². The molecule has 2 atom stereocenters. The van der Waals surface area contributed by atoms with E-state index in [9.17, 15) is 4.79 Å². The van der Waals surface area contributed by atoms with E-state index in [1.807, 2.05) is 39.8 Å². The third kappa shape index (κ3) is 4.85. The second kappa shape index (κ2) is 8.19.